The number of anilines is 1. The van der Waals surface area contributed by atoms with Crippen LogP contribution in [0.1, 0.15) is 5.56 Å². The summed E-state index contributed by atoms with van der Waals surface area (Å²) in [6.07, 6.45) is 0.701. The molecule has 0 radical (unpaired) electrons. The second-order valence-corrected chi connectivity index (χ2v) is 3.76. The molecule has 1 heterocycles. The highest BCUT2D eigenvalue weighted by molar-refractivity contribution is 5.42. The molecule has 6 heteroatoms. The van der Waals surface area contributed by atoms with Crippen LogP contribution in [0.15, 0.2) is 12.3 Å². The van der Waals surface area contributed by atoms with E-state index < -0.39 is 11.9 Å². The molecule has 1 atom stereocenters. The molecule has 1 unspecified atom stereocenters. The average Bonchev–Trinajstić information content (AvgIpc) is 2.29. The molecule has 0 aliphatic carbocycles. The van der Waals surface area contributed by atoms with Crippen molar-refractivity contribution in [3.05, 3.63) is 23.6 Å². The smallest absolute Gasteiger partial charge is 0.171 e. The SMILES string of the molecule is COCC(O)CN(C)c1nccc(CO)c1F. The van der Waals surface area contributed by atoms with Crippen LogP contribution in [0.2, 0.25) is 0 Å². The summed E-state index contributed by atoms with van der Waals surface area (Å²) >= 11 is 0. The van der Waals surface area contributed by atoms with Gasteiger partial charge in [0.05, 0.1) is 19.3 Å². The van der Waals surface area contributed by atoms with Crippen molar-refractivity contribution in [1.29, 1.82) is 0 Å². The molecule has 0 bridgehead atoms. The summed E-state index contributed by atoms with van der Waals surface area (Å²) in [6, 6.07) is 1.41. The molecule has 0 amide bonds. The summed E-state index contributed by atoms with van der Waals surface area (Å²) in [7, 11) is 3.10. The number of aliphatic hydroxyl groups excluding tert-OH is 2. The van der Waals surface area contributed by atoms with Crippen LogP contribution in [0.4, 0.5) is 10.2 Å². The summed E-state index contributed by atoms with van der Waals surface area (Å²) in [5.74, 6) is -0.464. The van der Waals surface area contributed by atoms with E-state index in [0.717, 1.165) is 0 Å². The Morgan fingerprint density at radius 1 is 1.59 bits per heavy atom. The third-order valence-electron chi connectivity index (χ3n) is 2.33. The largest absolute Gasteiger partial charge is 0.392 e. The normalized spacial score (nSPS) is 12.5. The number of halogens is 1. The molecule has 96 valence electrons. The maximum absolute atomic E-state index is 13.8. The van der Waals surface area contributed by atoms with Gasteiger partial charge in [0.2, 0.25) is 0 Å². The van der Waals surface area contributed by atoms with Gasteiger partial charge in [0, 0.05) is 32.5 Å². The van der Waals surface area contributed by atoms with E-state index in [9.17, 15) is 9.50 Å². The molecule has 2 N–H and O–H groups in total. The summed E-state index contributed by atoms with van der Waals surface area (Å²) in [5, 5.41) is 18.5. The quantitative estimate of drug-likeness (QED) is 0.746. The first-order valence-corrected chi connectivity index (χ1v) is 5.22. The minimum absolute atomic E-state index is 0.103. The van der Waals surface area contributed by atoms with E-state index in [-0.39, 0.29) is 31.1 Å². The zero-order chi connectivity index (χ0) is 12.8. The van der Waals surface area contributed by atoms with E-state index in [0.29, 0.717) is 0 Å². The van der Waals surface area contributed by atoms with Gasteiger partial charge >= 0.3 is 0 Å². The molecule has 1 aromatic heterocycles. The summed E-state index contributed by atoms with van der Waals surface area (Å²) in [4.78, 5) is 5.37. The van der Waals surface area contributed by atoms with Gasteiger partial charge in [-0.2, -0.15) is 0 Å². The van der Waals surface area contributed by atoms with Gasteiger partial charge in [-0.15, -0.1) is 0 Å². The van der Waals surface area contributed by atoms with E-state index in [1.807, 2.05) is 0 Å². The Bertz CT molecular complexity index is 363. The highest BCUT2D eigenvalue weighted by Gasteiger charge is 2.15. The fraction of sp³-hybridized carbons (Fsp3) is 0.545. The van der Waals surface area contributed by atoms with Crippen molar-refractivity contribution in [3.63, 3.8) is 0 Å². The van der Waals surface area contributed by atoms with Crippen molar-refractivity contribution >= 4 is 5.82 Å². The van der Waals surface area contributed by atoms with Gasteiger partial charge in [0.15, 0.2) is 11.6 Å². The van der Waals surface area contributed by atoms with Gasteiger partial charge in [-0.05, 0) is 6.07 Å². The van der Waals surface area contributed by atoms with Gasteiger partial charge in [-0.25, -0.2) is 9.37 Å². The number of ether oxygens (including phenoxy) is 1. The summed E-state index contributed by atoms with van der Waals surface area (Å²) < 4.78 is 18.6. The van der Waals surface area contributed by atoms with E-state index in [4.69, 9.17) is 9.84 Å². The van der Waals surface area contributed by atoms with Crippen LogP contribution in [0, 0.1) is 5.82 Å². The van der Waals surface area contributed by atoms with E-state index >= 15 is 0 Å². The monoisotopic (exact) mass is 244 g/mol. The molecule has 17 heavy (non-hydrogen) atoms. The van der Waals surface area contributed by atoms with Crippen LogP contribution in [-0.4, -0.2) is 48.6 Å². The van der Waals surface area contributed by atoms with Crippen molar-refractivity contribution in [1.82, 2.24) is 4.98 Å². The third-order valence-corrected chi connectivity index (χ3v) is 2.33. The lowest BCUT2D eigenvalue weighted by Gasteiger charge is -2.22. The number of aromatic nitrogens is 1. The number of hydrogen-bond donors (Lipinski definition) is 2. The maximum Gasteiger partial charge on any atom is 0.171 e. The first-order valence-electron chi connectivity index (χ1n) is 5.22. The topological polar surface area (TPSA) is 65.8 Å². The Hall–Kier alpha value is -1.24. The molecule has 0 aliphatic heterocycles. The van der Waals surface area contributed by atoms with Gasteiger partial charge in [-0.1, -0.05) is 0 Å². The second kappa shape index (κ2) is 6.48. The lowest BCUT2D eigenvalue weighted by Crippen LogP contribution is -2.33. The molecular formula is C11H17FN2O3. The van der Waals surface area contributed by atoms with E-state index in [2.05, 4.69) is 4.98 Å². The van der Waals surface area contributed by atoms with E-state index in [1.54, 1.807) is 7.05 Å². The third kappa shape index (κ3) is 3.62. The molecule has 0 saturated carbocycles. The summed E-state index contributed by atoms with van der Waals surface area (Å²) in [6.45, 7) is -0.00584. The molecule has 1 aromatic rings. The number of aliphatic hydroxyl groups is 2. The average molecular weight is 244 g/mol. The van der Waals surface area contributed by atoms with Crippen molar-refractivity contribution in [2.45, 2.75) is 12.7 Å². The first-order chi connectivity index (χ1) is 8.10. The van der Waals surface area contributed by atoms with Crippen molar-refractivity contribution in [3.8, 4) is 0 Å². The van der Waals surface area contributed by atoms with Crippen LogP contribution in [0.25, 0.3) is 0 Å². The van der Waals surface area contributed by atoms with Crippen molar-refractivity contribution < 1.29 is 19.3 Å². The molecule has 0 spiro atoms. The Morgan fingerprint density at radius 3 is 2.88 bits per heavy atom. The Labute approximate surface area is 99.5 Å². The van der Waals surface area contributed by atoms with Gasteiger partial charge in [-0.3, -0.25) is 0 Å². The van der Waals surface area contributed by atoms with E-state index in [1.165, 1.54) is 24.3 Å². The lowest BCUT2D eigenvalue weighted by molar-refractivity contribution is 0.0693. The van der Waals surface area contributed by atoms with Gasteiger partial charge < -0.3 is 19.8 Å². The summed E-state index contributed by atoms with van der Waals surface area (Å²) in [5.41, 5.74) is 0.183. The van der Waals surface area contributed by atoms with Gasteiger partial charge in [0.25, 0.3) is 0 Å². The Morgan fingerprint density at radius 2 is 2.29 bits per heavy atom. The first kappa shape index (κ1) is 13.8. The van der Waals surface area contributed by atoms with Crippen LogP contribution in [-0.2, 0) is 11.3 Å². The fourth-order valence-corrected chi connectivity index (χ4v) is 1.51. The van der Waals surface area contributed by atoms with Crippen molar-refractivity contribution in [2.75, 3.05) is 32.2 Å². The Kier molecular flexibility index (Phi) is 5.27. The number of nitrogens with zero attached hydrogens (tertiary/aromatic N) is 2. The number of pyridine rings is 1. The molecule has 0 aromatic carbocycles. The maximum atomic E-state index is 13.8. The Balaban J connectivity index is 2.78. The van der Waals surface area contributed by atoms with Crippen LogP contribution in [0.3, 0.4) is 0 Å². The number of rotatable bonds is 6. The second-order valence-electron chi connectivity index (χ2n) is 3.76. The van der Waals surface area contributed by atoms with Crippen LogP contribution in [0.5, 0.6) is 0 Å². The highest BCUT2D eigenvalue weighted by Crippen LogP contribution is 2.18. The molecule has 0 fully saturated rings. The molecule has 0 saturated heterocycles. The molecule has 5 nitrogen and oxygen atoms in total. The predicted molar refractivity (Wildman–Crippen MR) is 61.3 cm³/mol. The standard InChI is InChI=1S/C11H17FN2O3/c1-14(5-9(16)7-17-2)11-10(12)8(6-15)3-4-13-11/h3-4,9,15-16H,5-7H2,1-2H3. The predicted octanol–water partition coefficient (Wildman–Crippen LogP) is 0.156. The highest BCUT2D eigenvalue weighted by atomic mass is 19.1. The lowest BCUT2D eigenvalue weighted by atomic mass is 10.2. The number of hydrogen-bond acceptors (Lipinski definition) is 5. The number of likely N-dealkylation sites (N-methyl/N-ethyl adjacent to an activating group) is 1. The zero-order valence-corrected chi connectivity index (χ0v) is 9.93. The molecular weight excluding hydrogens is 227 g/mol. The van der Waals surface area contributed by atoms with Crippen molar-refractivity contribution in [2.24, 2.45) is 0 Å². The molecule has 0 aliphatic rings. The zero-order valence-electron chi connectivity index (χ0n) is 9.93. The minimum atomic E-state index is -0.719. The molecule has 1 rings (SSSR count). The minimum Gasteiger partial charge on any atom is -0.392 e. The van der Waals surface area contributed by atoms with Gasteiger partial charge in [0.1, 0.15) is 0 Å². The number of methoxy groups -OCH3 is 1. The fourth-order valence-electron chi connectivity index (χ4n) is 1.51. The van der Waals surface area contributed by atoms with Crippen LogP contribution < -0.4 is 4.90 Å². The van der Waals surface area contributed by atoms with Crippen LogP contribution >= 0.6 is 0 Å².